The molecule has 180 valence electrons. The minimum Gasteiger partial charge on any atom is -0.457 e. The van der Waals surface area contributed by atoms with Crippen LogP contribution in [0.15, 0.2) is 80.4 Å². The van der Waals surface area contributed by atoms with Gasteiger partial charge in [-0.25, -0.2) is 4.98 Å². The zero-order chi connectivity index (χ0) is 25.2. The molecule has 0 N–H and O–H groups in total. The number of carbonyl (C=O) groups excluding carboxylic acids is 1. The second-order valence-corrected chi connectivity index (χ2v) is 9.81. The van der Waals surface area contributed by atoms with Gasteiger partial charge < -0.3 is 4.42 Å². The lowest BCUT2D eigenvalue weighted by molar-refractivity contribution is -0.384. The molecule has 0 aliphatic carbocycles. The number of likely N-dealkylation sites (N-methyl/N-ethyl adjacent to an activating group) is 1. The van der Waals surface area contributed by atoms with Crippen molar-refractivity contribution in [1.29, 1.82) is 0 Å². The number of amides is 1. The van der Waals surface area contributed by atoms with E-state index in [-0.39, 0.29) is 16.6 Å². The summed E-state index contributed by atoms with van der Waals surface area (Å²) in [6, 6.07) is 17.4. The van der Waals surface area contributed by atoms with E-state index in [9.17, 15) is 14.9 Å². The van der Waals surface area contributed by atoms with Crippen LogP contribution in [0.3, 0.4) is 0 Å². The number of thioether (sulfide) groups is 1. The quantitative estimate of drug-likeness (QED) is 0.146. The summed E-state index contributed by atoms with van der Waals surface area (Å²) in [6.45, 7) is 2.34. The molecule has 2 aromatic carbocycles. The maximum absolute atomic E-state index is 13.0. The minimum absolute atomic E-state index is 0.104. The molecular weight excluding hydrogens is 520 g/mol. The number of nitrogens with zero attached hydrogens (tertiary/aromatic N) is 4. The predicted molar refractivity (Wildman–Crippen MR) is 143 cm³/mol. The number of hydrogen-bond acceptors (Lipinski definition) is 8. The second-order valence-electron chi connectivity index (χ2n) is 7.56. The van der Waals surface area contributed by atoms with Crippen molar-refractivity contribution in [3.63, 3.8) is 0 Å². The Balaban J connectivity index is 1.39. The van der Waals surface area contributed by atoms with Crippen molar-refractivity contribution in [1.82, 2.24) is 9.88 Å². The normalized spacial score (nSPS) is 15.8. The first-order valence-electron chi connectivity index (χ1n) is 10.8. The first-order valence-corrected chi connectivity index (χ1v) is 12.9. The highest BCUT2D eigenvalue weighted by atomic mass is 35.5. The first kappa shape index (κ1) is 24.0. The third-order valence-corrected chi connectivity index (χ3v) is 7.34. The molecule has 0 spiro atoms. The highest BCUT2D eigenvalue weighted by molar-refractivity contribution is 8.18. The highest BCUT2D eigenvalue weighted by Gasteiger charge is 2.33. The van der Waals surface area contributed by atoms with Crippen LogP contribution in [0.5, 0.6) is 0 Å². The molecule has 1 aliphatic rings. The Bertz CT molecular complexity index is 1530. The number of thiazole rings is 1. The first-order chi connectivity index (χ1) is 17.4. The van der Waals surface area contributed by atoms with Crippen LogP contribution in [0.1, 0.15) is 12.7 Å². The van der Waals surface area contributed by atoms with Crippen molar-refractivity contribution in [2.75, 3.05) is 6.54 Å². The third-order valence-electron chi connectivity index (χ3n) is 5.29. The van der Waals surface area contributed by atoms with Gasteiger partial charge >= 0.3 is 0 Å². The van der Waals surface area contributed by atoms with Crippen LogP contribution in [0.25, 0.3) is 28.7 Å². The fourth-order valence-corrected chi connectivity index (χ4v) is 5.58. The lowest BCUT2D eigenvalue weighted by Crippen LogP contribution is -2.28. The van der Waals surface area contributed by atoms with Crippen molar-refractivity contribution in [3.8, 4) is 22.6 Å². The van der Waals surface area contributed by atoms with Gasteiger partial charge in [-0.2, -0.15) is 4.99 Å². The van der Waals surface area contributed by atoms with Crippen molar-refractivity contribution in [2.45, 2.75) is 6.92 Å². The molecule has 11 heteroatoms. The van der Waals surface area contributed by atoms with Crippen molar-refractivity contribution >= 4 is 62.7 Å². The molecule has 1 saturated heterocycles. The maximum Gasteiger partial charge on any atom is 0.270 e. The molecular formula is C25H17ClN4O4S2. The highest BCUT2D eigenvalue weighted by Crippen LogP contribution is 2.37. The molecule has 0 unspecified atom stereocenters. The summed E-state index contributed by atoms with van der Waals surface area (Å²) in [5.41, 5.74) is 2.26. The number of halogens is 1. The van der Waals surface area contributed by atoms with Crippen LogP contribution >= 0.6 is 34.7 Å². The van der Waals surface area contributed by atoms with Crippen LogP contribution in [0.4, 0.5) is 10.8 Å². The Kier molecular flexibility index (Phi) is 6.73. The van der Waals surface area contributed by atoms with Crippen LogP contribution in [0.2, 0.25) is 5.02 Å². The van der Waals surface area contributed by atoms with Gasteiger partial charge in [-0.3, -0.25) is 19.8 Å². The number of carbonyl (C=O) groups is 1. The Labute approximate surface area is 219 Å². The van der Waals surface area contributed by atoms with Gasteiger partial charge in [0.25, 0.3) is 11.6 Å². The van der Waals surface area contributed by atoms with E-state index in [1.165, 1.54) is 41.3 Å². The summed E-state index contributed by atoms with van der Waals surface area (Å²) in [4.78, 5) is 34.7. The monoisotopic (exact) mass is 536 g/mol. The number of amidine groups is 1. The predicted octanol–water partition coefficient (Wildman–Crippen LogP) is 7.26. The summed E-state index contributed by atoms with van der Waals surface area (Å²) in [6.07, 6.45) is 1.65. The number of nitro groups is 1. The summed E-state index contributed by atoms with van der Waals surface area (Å²) < 4.78 is 5.87. The van der Waals surface area contributed by atoms with Crippen LogP contribution in [0, 0.1) is 10.1 Å². The van der Waals surface area contributed by atoms with E-state index in [2.05, 4.69) is 9.98 Å². The van der Waals surface area contributed by atoms with Crippen molar-refractivity contribution in [3.05, 3.63) is 91.8 Å². The van der Waals surface area contributed by atoms with Crippen LogP contribution in [-0.2, 0) is 4.79 Å². The van der Waals surface area contributed by atoms with Gasteiger partial charge in [-0.05, 0) is 36.9 Å². The number of furan rings is 1. The fraction of sp³-hybridized carbons (Fsp3) is 0.0800. The number of aromatic nitrogens is 1. The summed E-state index contributed by atoms with van der Waals surface area (Å²) in [7, 11) is 0. The average Bonchev–Trinajstić information content (AvgIpc) is 3.60. The zero-order valence-electron chi connectivity index (χ0n) is 18.8. The molecule has 1 fully saturated rings. The molecule has 1 amide bonds. The van der Waals surface area contributed by atoms with Gasteiger partial charge in [-0.15, -0.1) is 11.3 Å². The Morgan fingerprint density at radius 3 is 2.72 bits per heavy atom. The maximum atomic E-state index is 13.0. The number of non-ortho nitro benzene ring substituents is 1. The lowest BCUT2D eigenvalue weighted by Gasteiger charge is -2.11. The third kappa shape index (κ3) is 4.83. The fourth-order valence-electron chi connectivity index (χ4n) is 3.53. The molecule has 2 aromatic heterocycles. The molecule has 4 aromatic rings. The van der Waals surface area contributed by atoms with Crippen LogP contribution in [-0.4, -0.2) is 32.4 Å². The van der Waals surface area contributed by atoms with E-state index >= 15 is 0 Å². The Morgan fingerprint density at radius 2 is 2.00 bits per heavy atom. The molecule has 0 bridgehead atoms. The average molecular weight is 537 g/mol. The summed E-state index contributed by atoms with van der Waals surface area (Å²) in [5, 5.41) is 14.2. The number of hydrogen-bond donors (Lipinski definition) is 0. The van der Waals surface area contributed by atoms with Gasteiger partial charge in [0.05, 0.1) is 20.5 Å². The number of benzene rings is 2. The van der Waals surface area contributed by atoms with E-state index in [4.69, 9.17) is 16.0 Å². The van der Waals surface area contributed by atoms with Gasteiger partial charge in [0.15, 0.2) is 5.17 Å². The Morgan fingerprint density at radius 1 is 1.19 bits per heavy atom. The molecule has 0 atom stereocenters. The Hall–Kier alpha value is -3.73. The SMILES string of the molecule is CCN1C(=O)/C(=C\c2ccc(-c3ccc([N+](=O)[O-])cc3Cl)o2)S/C1=N/c1nc(-c2ccccc2)cs1. The number of aliphatic imine (C=N–C) groups is 1. The topological polar surface area (TPSA) is 102 Å². The lowest BCUT2D eigenvalue weighted by atomic mass is 10.1. The van der Waals surface area contributed by atoms with Gasteiger partial charge in [-0.1, -0.05) is 41.9 Å². The van der Waals surface area contributed by atoms with Crippen LogP contribution < -0.4 is 0 Å². The second kappa shape index (κ2) is 10.1. The molecule has 0 saturated carbocycles. The van der Waals surface area contributed by atoms with E-state index in [1.54, 1.807) is 23.1 Å². The smallest absolute Gasteiger partial charge is 0.270 e. The number of rotatable bonds is 6. The van der Waals surface area contributed by atoms with E-state index in [1.807, 2.05) is 42.6 Å². The van der Waals surface area contributed by atoms with Gasteiger partial charge in [0.1, 0.15) is 11.5 Å². The van der Waals surface area contributed by atoms with Gasteiger partial charge in [0.2, 0.25) is 5.13 Å². The van der Waals surface area contributed by atoms with Crippen molar-refractivity contribution < 1.29 is 14.1 Å². The molecule has 5 rings (SSSR count). The van der Waals surface area contributed by atoms with Gasteiger partial charge in [0, 0.05) is 41.3 Å². The van der Waals surface area contributed by atoms with E-state index < -0.39 is 4.92 Å². The largest absolute Gasteiger partial charge is 0.457 e. The summed E-state index contributed by atoms with van der Waals surface area (Å²) >= 11 is 8.89. The van der Waals surface area contributed by atoms with E-state index in [0.717, 1.165) is 11.3 Å². The summed E-state index contributed by atoms with van der Waals surface area (Å²) in [5.74, 6) is 0.718. The molecule has 8 nitrogen and oxygen atoms in total. The van der Waals surface area contributed by atoms with Crippen molar-refractivity contribution in [2.24, 2.45) is 4.99 Å². The van der Waals surface area contributed by atoms with E-state index in [0.29, 0.717) is 38.8 Å². The molecule has 36 heavy (non-hydrogen) atoms. The minimum atomic E-state index is -0.511. The number of nitro benzene ring substituents is 1. The molecule has 0 radical (unpaired) electrons. The molecule has 1 aliphatic heterocycles. The molecule has 3 heterocycles. The standard InChI is InChI=1S/C25H17ClN4O4S2/c1-2-29-23(31)22(36-25(29)28-24-27-20(14-35-24)15-6-4-3-5-7-15)13-17-9-11-21(34-17)18-10-8-16(30(32)33)12-19(18)26/h3-14H,2H2,1H3/b22-13+,28-25+. The zero-order valence-corrected chi connectivity index (χ0v) is 21.1.